The van der Waals surface area contributed by atoms with Crippen molar-refractivity contribution in [2.24, 2.45) is 0 Å². The number of amides is 1. The average molecular weight is 512 g/mol. The number of carbonyl (C=O) groups excluding carboxylic acids is 1. The van der Waals surface area contributed by atoms with Gasteiger partial charge in [0.15, 0.2) is 0 Å². The van der Waals surface area contributed by atoms with E-state index in [0.29, 0.717) is 36.9 Å². The number of anilines is 1. The van der Waals surface area contributed by atoms with E-state index in [9.17, 15) is 13.2 Å². The summed E-state index contributed by atoms with van der Waals surface area (Å²) in [6.07, 6.45) is 1.11. The zero-order chi connectivity index (χ0) is 25.0. The van der Waals surface area contributed by atoms with Crippen molar-refractivity contribution in [1.29, 1.82) is 0 Å². The fourth-order valence-electron chi connectivity index (χ4n) is 4.47. The largest absolute Gasteiger partial charge is 0.339 e. The summed E-state index contributed by atoms with van der Waals surface area (Å²) in [5.41, 5.74) is 3.65. The van der Waals surface area contributed by atoms with Gasteiger partial charge in [0, 0.05) is 31.2 Å². The molecule has 184 valence electrons. The first-order valence-electron chi connectivity index (χ1n) is 11.6. The quantitative estimate of drug-likeness (QED) is 0.473. The maximum atomic E-state index is 13.2. The molecule has 8 heteroatoms. The number of carbonyl (C=O) groups is 1. The van der Waals surface area contributed by atoms with Gasteiger partial charge in [-0.3, -0.25) is 14.0 Å². The fraction of sp³-hybridized carbons (Fsp3) is 0.296. The third-order valence-electron chi connectivity index (χ3n) is 6.39. The summed E-state index contributed by atoms with van der Waals surface area (Å²) in [5, 5.41) is 0.463. The van der Waals surface area contributed by atoms with E-state index in [2.05, 4.69) is 29.2 Å². The number of rotatable bonds is 7. The Morgan fingerprint density at radius 3 is 1.94 bits per heavy atom. The second-order valence-electron chi connectivity index (χ2n) is 8.84. The molecule has 1 aliphatic rings. The number of halogens is 1. The third-order valence-corrected chi connectivity index (χ3v) is 7.93. The van der Waals surface area contributed by atoms with Gasteiger partial charge in [-0.2, -0.15) is 0 Å². The highest BCUT2D eigenvalue weighted by Crippen LogP contribution is 2.30. The molecule has 35 heavy (non-hydrogen) atoms. The van der Waals surface area contributed by atoms with Crippen molar-refractivity contribution >= 4 is 33.2 Å². The Labute approximate surface area is 212 Å². The fourth-order valence-corrected chi connectivity index (χ4v) is 5.49. The second-order valence-corrected chi connectivity index (χ2v) is 11.2. The molecular formula is C27H30ClN3O3S. The molecule has 0 aliphatic carbocycles. The van der Waals surface area contributed by atoms with E-state index in [4.69, 9.17) is 11.6 Å². The molecule has 0 aromatic heterocycles. The van der Waals surface area contributed by atoms with E-state index in [-0.39, 0.29) is 18.5 Å². The van der Waals surface area contributed by atoms with Gasteiger partial charge in [-0.05, 0) is 35.7 Å². The first kappa shape index (κ1) is 25.2. The van der Waals surface area contributed by atoms with Crippen molar-refractivity contribution in [1.82, 2.24) is 9.80 Å². The van der Waals surface area contributed by atoms with Gasteiger partial charge in [-0.1, -0.05) is 78.3 Å². The van der Waals surface area contributed by atoms with Gasteiger partial charge >= 0.3 is 0 Å². The molecule has 3 aromatic rings. The van der Waals surface area contributed by atoms with Crippen LogP contribution in [0, 0.1) is 6.92 Å². The highest BCUT2D eigenvalue weighted by molar-refractivity contribution is 7.92. The van der Waals surface area contributed by atoms with Crippen LogP contribution < -0.4 is 4.31 Å². The zero-order valence-corrected chi connectivity index (χ0v) is 21.5. The monoisotopic (exact) mass is 511 g/mol. The summed E-state index contributed by atoms with van der Waals surface area (Å²) in [5.74, 6) is -0.220. The van der Waals surface area contributed by atoms with Gasteiger partial charge in [0.05, 0.1) is 18.0 Å². The minimum atomic E-state index is -3.66. The van der Waals surface area contributed by atoms with Crippen LogP contribution in [-0.4, -0.2) is 63.1 Å². The van der Waals surface area contributed by atoms with Crippen LogP contribution in [0.4, 0.5) is 5.69 Å². The van der Waals surface area contributed by atoms with E-state index >= 15 is 0 Å². The number of piperazine rings is 1. The molecule has 0 spiro atoms. The van der Waals surface area contributed by atoms with Crippen LogP contribution in [-0.2, 0) is 14.8 Å². The molecule has 0 bridgehead atoms. The normalized spacial score (nSPS) is 14.8. The van der Waals surface area contributed by atoms with Crippen LogP contribution in [0.3, 0.4) is 0 Å². The van der Waals surface area contributed by atoms with Gasteiger partial charge in [0.1, 0.15) is 6.54 Å². The second kappa shape index (κ2) is 10.8. The summed E-state index contributed by atoms with van der Waals surface area (Å²) in [4.78, 5) is 17.3. The Morgan fingerprint density at radius 2 is 1.46 bits per heavy atom. The first-order valence-corrected chi connectivity index (χ1v) is 13.8. The highest BCUT2D eigenvalue weighted by Gasteiger charge is 2.30. The molecule has 1 fully saturated rings. The molecule has 1 aliphatic heterocycles. The molecule has 1 saturated heterocycles. The van der Waals surface area contributed by atoms with Gasteiger partial charge in [0.2, 0.25) is 15.9 Å². The number of hydrogen-bond acceptors (Lipinski definition) is 4. The van der Waals surface area contributed by atoms with Crippen LogP contribution in [0.15, 0.2) is 78.9 Å². The van der Waals surface area contributed by atoms with E-state index < -0.39 is 10.0 Å². The van der Waals surface area contributed by atoms with Gasteiger partial charge < -0.3 is 4.90 Å². The molecule has 4 rings (SSSR count). The van der Waals surface area contributed by atoms with Crippen LogP contribution in [0.5, 0.6) is 0 Å². The molecule has 0 unspecified atom stereocenters. The van der Waals surface area contributed by atoms with Crippen LogP contribution in [0.1, 0.15) is 22.7 Å². The van der Waals surface area contributed by atoms with Crippen molar-refractivity contribution in [3.63, 3.8) is 0 Å². The van der Waals surface area contributed by atoms with Gasteiger partial charge in [0.25, 0.3) is 0 Å². The molecule has 0 atom stereocenters. The van der Waals surface area contributed by atoms with Gasteiger partial charge in [-0.15, -0.1) is 0 Å². The molecule has 0 N–H and O–H groups in total. The SMILES string of the molecule is Cc1ccc(N(CC(=O)N2CCN(C(c3ccccc3)c3ccccc3)CC2)S(C)(=O)=O)cc1Cl. The van der Waals surface area contributed by atoms with Crippen molar-refractivity contribution in [3.05, 3.63) is 101 Å². The molecule has 6 nitrogen and oxygen atoms in total. The molecule has 1 heterocycles. The van der Waals surface area contributed by atoms with E-state index in [1.165, 1.54) is 11.1 Å². The third kappa shape index (κ3) is 6.04. The average Bonchev–Trinajstić information content (AvgIpc) is 2.85. The van der Waals surface area contributed by atoms with E-state index in [1.807, 2.05) is 43.3 Å². The lowest BCUT2D eigenvalue weighted by atomic mass is 9.96. The van der Waals surface area contributed by atoms with Gasteiger partial charge in [-0.25, -0.2) is 8.42 Å². The summed E-state index contributed by atoms with van der Waals surface area (Å²) < 4.78 is 26.1. The minimum absolute atomic E-state index is 0.0943. The van der Waals surface area contributed by atoms with E-state index in [0.717, 1.165) is 16.1 Å². The molecule has 3 aromatic carbocycles. The van der Waals surface area contributed by atoms with Crippen molar-refractivity contribution in [2.45, 2.75) is 13.0 Å². The Bertz CT molecular complexity index is 1220. The number of hydrogen-bond donors (Lipinski definition) is 0. The van der Waals surface area contributed by atoms with Crippen molar-refractivity contribution < 1.29 is 13.2 Å². The Morgan fingerprint density at radius 1 is 0.914 bits per heavy atom. The Hall–Kier alpha value is -2.87. The van der Waals surface area contributed by atoms with Crippen LogP contribution in [0.2, 0.25) is 5.02 Å². The van der Waals surface area contributed by atoms with Crippen molar-refractivity contribution in [2.75, 3.05) is 43.3 Å². The number of sulfonamides is 1. The smallest absolute Gasteiger partial charge is 0.243 e. The Balaban J connectivity index is 1.48. The minimum Gasteiger partial charge on any atom is -0.339 e. The Kier molecular flexibility index (Phi) is 7.79. The molecule has 0 saturated carbocycles. The summed E-state index contributed by atoms with van der Waals surface area (Å²) in [7, 11) is -3.66. The number of aryl methyl sites for hydroxylation is 1. The zero-order valence-electron chi connectivity index (χ0n) is 20.0. The summed E-state index contributed by atoms with van der Waals surface area (Å²) >= 11 is 6.22. The maximum absolute atomic E-state index is 13.2. The highest BCUT2D eigenvalue weighted by atomic mass is 35.5. The van der Waals surface area contributed by atoms with E-state index in [1.54, 1.807) is 23.1 Å². The van der Waals surface area contributed by atoms with Crippen LogP contribution in [0.25, 0.3) is 0 Å². The predicted octanol–water partition coefficient (Wildman–Crippen LogP) is 4.35. The molecule has 0 radical (unpaired) electrons. The lowest BCUT2D eigenvalue weighted by Crippen LogP contribution is -2.52. The number of nitrogens with zero attached hydrogens (tertiary/aromatic N) is 3. The summed E-state index contributed by atoms with van der Waals surface area (Å²) in [6.45, 7) is 4.03. The van der Waals surface area contributed by atoms with Crippen molar-refractivity contribution in [3.8, 4) is 0 Å². The molecule has 1 amide bonds. The topological polar surface area (TPSA) is 60.9 Å². The lowest BCUT2D eigenvalue weighted by Gasteiger charge is -2.40. The first-order chi connectivity index (χ1) is 16.7. The maximum Gasteiger partial charge on any atom is 0.243 e. The standard InChI is InChI=1S/C27H30ClN3O3S/c1-21-13-14-24(19-25(21)28)31(35(2,33)34)20-26(32)29-15-17-30(18-16-29)27(22-9-5-3-6-10-22)23-11-7-4-8-12-23/h3-14,19,27H,15-18,20H2,1-2H3. The van der Waals surface area contributed by atoms with Crippen LogP contribution >= 0.6 is 11.6 Å². The lowest BCUT2D eigenvalue weighted by molar-refractivity contribution is -0.131. The predicted molar refractivity (Wildman–Crippen MR) is 141 cm³/mol. The number of benzene rings is 3. The summed E-state index contributed by atoms with van der Waals surface area (Å²) in [6, 6.07) is 25.8. The molecular weight excluding hydrogens is 482 g/mol.